The second-order valence-corrected chi connectivity index (χ2v) is 4.18. The fourth-order valence-electron chi connectivity index (χ4n) is 0.877. The van der Waals surface area contributed by atoms with Gasteiger partial charge in [0.2, 0.25) is 0 Å². The van der Waals surface area contributed by atoms with E-state index >= 15 is 0 Å². The standard InChI is InChI=1S/C8H12F3N3O/c1-7(2,3)13-6-12-5(14-15-6)4-8(9,10)11/h4H2,1-3H3,(H,12,13,14). The van der Waals surface area contributed by atoms with Gasteiger partial charge in [-0.2, -0.15) is 18.2 Å². The minimum Gasteiger partial charge on any atom is -0.333 e. The van der Waals surface area contributed by atoms with Crippen LogP contribution in [0.1, 0.15) is 26.6 Å². The number of alkyl halides is 3. The lowest BCUT2D eigenvalue weighted by Gasteiger charge is -2.17. The Labute approximate surface area is 84.9 Å². The van der Waals surface area contributed by atoms with Crippen LogP contribution in [0.5, 0.6) is 0 Å². The molecule has 1 aromatic rings. The van der Waals surface area contributed by atoms with E-state index in [4.69, 9.17) is 0 Å². The molecular formula is C8H12F3N3O. The van der Waals surface area contributed by atoms with Gasteiger partial charge in [0.25, 0.3) is 0 Å². The molecule has 0 saturated heterocycles. The fourth-order valence-corrected chi connectivity index (χ4v) is 0.877. The van der Waals surface area contributed by atoms with Crippen molar-refractivity contribution in [3.63, 3.8) is 0 Å². The van der Waals surface area contributed by atoms with E-state index in [1.54, 1.807) is 0 Å². The lowest BCUT2D eigenvalue weighted by atomic mass is 10.1. The van der Waals surface area contributed by atoms with Gasteiger partial charge in [0.05, 0.1) is 0 Å². The van der Waals surface area contributed by atoms with E-state index in [2.05, 4.69) is 20.0 Å². The highest BCUT2D eigenvalue weighted by molar-refractivity contribution is 5.22. The number of halogens is 3. The molecule has 0 fully saturated rings. The normalized spacial score (nSPS) is 12.9. The van der Waals surface area contributed by atoms with Gasteiger partial charge in [0, 0.05) is 5.54 Å². The molecule has 0 aliphatic rings. The number of hydrogen-bond donors (Lipinski definition) is 1. The topological polar surface area (TPSA) is 51.0 Å². The number of rotatable bonds is 2. The molecule has 0 amide bonds. The van der Waals surface area contributed by atoms with Crippen LogP contribution in [0.2, 0.25) is 0 Å². The van der Waals surface area contributed by atoms with Crippen molar-refractivity contribution in [2.75, 3.05) is 5.32 Å². The van der Waals surface area contributed by atoms with Crippen molar-refractivity contribution in [2.45, 2.75) is 38.9 Å². The third-order valence-electron chi connectivity index (χ3n) is 1.31. The zero-order chi connectivity index (χ0) is 11.7. The highest BCUT2D eigenvalue weighted by atomic mass is 19.4. The molecule has 0 aliphatic heterocycles. The first-order chi connectivity index (χ1) is 6.66. The van der Waals surface area contributed by atoms with E-state index in [1.807, 2.05) is 20.8 Å². The zero-order valence-electron chi connectivity index (χ0n) is 8.64. The smallest absolute Gasteiger partial charge is 0.333 e. The van der Waals surface area contributed by atoms with Crippen LogP contribution in [0.25, 0.3) is 0 Å². The molecule has 0 unspecified atom stereocenters. The van der Waals surface area contributed by atoms with Crippen LogP contribution in [-0.4, -0.2) is 21.9 Å². The molecule has 1 rings (SSSR count). The molecule has 0 atom stereocenters. The molecule has 4 nitrogen and oxygen atoms in total. The van der Waals surface area contributed by atoms with Gasteiger partial charge in [-0.05, 0) is 20.8 Å². The zero-order valence-corrected chi connectivity index (χ0v) is 8.64. The second-order valence-electron chi connectivity index (χ2n) is 4.18. The van der Waals surface area contributed by atoms with E-state index in [9.17, 15) is 13.2 Å². The van der Waals surface area contributed by atoms with Gasteiger partial charge in [-0.1, -0.05) is 5.16 Å². The number of anilines is 1. The van der Waals surface area contributed by atoms with Gasteiger partial charge in [-0.15, -0.1) is 0 Å². The summed E-state index contributed by atoms with van der Waals surface area (Å²) in [6.45, 7) is 5.50. The van der Waals surface area contributed by atoms with Crippen LogP contribution in [0.3, 0.4) is 0 Å². The monoisotopic (exact) mass is 223 g/mol. The predicted octanol–water partition coefficient (Wildman–Crippen LogP) is 2.38. The van der Waals surface area contributed by atoms with Crippen molar-refractivity contribution in [1.82, 2.24) is 10.1 Å². The highest BCUT2D eigenvalue weighted by Crippen LogP contribution is 2.20. The molecule has 1 heterocycles. The van der Waals surface area contributed by atoms with Crippen molar-refractivity contribution >= 4 is 6.01 Å². The quantitative estimate of drug-likeness (QED) is 0.836. The summed E-state index contributed by atoms with van der Waals surface area (Å²) in [6, 6.07) is 0.00162. The van der Waals surface area contributed by atoms with Crippen LogP contribution in [0.4, 0.5) is 19.2 Å². The molecule has 86 valence electrons. The van der Waals surface area contributed by atoms with E-state index in [0.29, 0.717) is 0 Å². The van der Waals surface area contributed by atoms with Crippen molar-refractivity contribution < 1.29 is 17.7 Å². The molecule has 0 spiro atoms. The van der Waals surface area contributed by atoms with E-state index in [0.717, 1.165) is 0 Å². The summed E-state index contributed by atoms with van der Waals surface area (Å²) >= 11 is 0. The maximum Gasteiger partial charge on any atom is 0.396 e. The molecule has 1 aromatic heterocycles. The summed E-state index contributed by atoms with van der Waals surface area (Å²) in [6.07, 6.45) is -5.49. The van der Waals surface area contributed by atoms with Crippen LogP contribution >= 0.6 is 0 Å². The molecule has 0 radical (unpaired) electrons. The molecule has 1 N–H and O–H groups in total. The first-order valence-electron chi connectivity index (χ1n) is 4.33. The van der Waals surface area contributed by atoms with Crippen LogP contribution in [0.15, 0.2) is 4.52 Å². The van der Waals surface area contributed by atoms with Crippen LogP contribution in [-0.2, 0) is 6.42 Å². The Morgan fingerprint density at radius 2 is 1.87 bits per heavy atom. The highest BCUT2D eigenvalue weighted by Gasteiger charge is 2.30. The van der Waals surface area contributed by atoms with Crippen LogP contribution in [0, 0.1) is 0 Å². The van der Waals surface area contributed by atoms with Crippen molar-refractivity contribution in [2.24, 2.45) is 0 Å². The Balaban J connectivity index is 2.65. The number of nitrogens with zero attached hydrogens (tertiary/aromatic N) is 2. The average molecular weight is 223 g/mol. The summed E-state index contributed by atoms with van der Waals surface area (Å²) < 4.78 is 40.5. The lowest BCUT2D eigenvalue weighted by Crippen LogP contribution is -2.26. The molecule has 0 aromatic carbocycles. The Hall–Kier alpha value is -1.27. The number of aromatic nitrogens is 2. The third-order valence-corrected chi connectivity index (χ3v) is 1.31. The van der Waals surface area contributed by atoms with Crippen molar-refractivity contribution in [3.05, 3.63) is 5.82 Å². The average Bonchev–Trinajstić information content (AvgIpc) is 2.28. The SMILES string of the molecule is CC(C)(C)Nc1nc(CC(F)(F)F)no1. The van der Waals surface area contributed by atoms with Crippen molar-refractivity contribution in [3.8, 4) is 0 Å². The molecule has 7 heteroatoms. The van der Waals surface area contributed by atoms with Crippen LogP contribution < -0.4 is 5.32 Å². The summed E-state index contributed by atoms with van der Waals surface area (Å²) in [4.78, 5) is 3.57. The second kappa shape index (κ2) is 3.71. The molecular weight excluding hydrogens is 211 g/mol. The molecule has 0 saturated carbocycles. The summed E-state index contributed by atoms with van der Waals surface area (Å²) in [5, 5.41) is 6.00. The minimum atomic E-state index is -4.32. The maximum atomic E-state index is 11.9. The maximum absolute atomic E-state index is 11.9. The Morgan fingerprint density at radius 3 is 2.33 bits per heavy atom. The summed E-state index contributed by atoms with van der Waals surface area (Å²) in [5.41, 5.74) is -0.331. The summed E-state index contributed by atoms with van der Waals surface area (Å²) in [5.74, 6) is -0.366. The van der Waals surface area contributed by atoms with Gasteiger partial charge in [0.1, 0.15) is 6.42 Å². The predicted molar refractivity (Wildman–Crippen MR) is 47.4 cm³/mol. The van der Waals surface area contributed by atoms with Crippen molar-refractivity contribution in [1.29, 1.82) is 0 Å². The fraction of sp³-hybridized carbons (Fsp3) is 0.750. The summed E-state index contributed by atoms with van der Waals surface area (Å²) in [7, 11) is 0. The van der Waals surface area contributed by atoms with Gasteiger partial charge in [0.15, 0.2) is 5.82 Å². The largest absolute Gasteiger partial charge is 0.396 e. The molecule has 0 bridgehead atoms. The third kappa shape index (κ3) is 4.66. The molecule has 0 aliphatic carbocycles. The Bertz CT molecular complexity index is 296. The first-order valence-corrected chi connectivity index (χ1v) is 4.33. The first kappa shape index (κ1) is 11.8. The van der Waals surface area contributed by atoms with Gasteiger partial charge in [-0.3, -0.25) is 0 Å². The minimum absolute atomic E-state index is 0.00162. The van der Waals surface area contributed by atoms with E-state index in [-0.39, 0.29) is 17.4 Å². The lowest BCUT2D eigenvalue weighted by molar-refractivity contribution is -0.128. The van der Waals surface area contributed by atoms with E-state index < -0.39 is 12.6 Å². The van der Waals surface area contributed by atoms with Gasteiger partial charge in [-0.25, -0.2) is 0 Å². The number of nitrogens with one attached hydrogen (secondary N) is 1. The van der Waals surface area contributed by atoms with E-state index in [1.165, 1.54) is 0 Å². The Kier molecular flexibility index (Phi) is 2.92. The van der Waals surface area contributed by atoms with Gasteiger partial charge >= 0.3 is 12.2 Å². The molecule has 15 heavy (non-hydrogen) atoms. The Morgan fingerprint density at radius 1 is 1.27 bits per heavy atom. The van der Waals surface area contributed by atoms with Gasteiger partial charge < -0.3 is 9.84 Å². The number of hydrogen-bond acceptors (Lipinski definition) is 4.